The predicted molar refractivity (Wildman–Crippen MR) is 67.2 cm³/mol. The molecular formula is C14H11F2NO2. The maximum Gasteiger partial charge on any atom is 0.258 e. The van der Waals surface area contributed by atoms with Crippen molar-refractivity contribution in [1.82, 2.24) is 0 Å². The van der Waals surface area contributed by atoms with Crippen LogP contribution in [-0.4, -0.2) is 11.0 Å². The number of phenolic OH excluding ortho intramolecular Hbond substituents is 1. The van der Waals surface area contributed by atoms with Gasteiger partial charge in [0.1, 0.15) is 17.4 Å². The Morgan fingerprint density at radius 2 is 1.84 bits per heavy atom. The van der Waals surface area contributed by atoms with E-state index in [9.17, 15) is 13.6 Å². The van der Waals surface area contributed by atoms with Crippen LogP contribution in [0.25, 0.3) is 0 Å². The van der Waals surface area contributed by atoms with Gasteiger partial charge < -0.3 is 10.4 Å². The third-order valence-electron chi connectivity index (χ3n) is 2.57. The van der Waals surface area contributed by atoms with Crippen LogP contribution in [0.2, 0.25) is 0 Å². The fraction of sp³-hybridized carbons (Fsp3) is 0.0714. The molecule has 0 saturated heterocycles. The second kappa shape index (κ2) is 5.06. The number of anilines is 1. The quantitative estimate of drug-likeness (QED) is 0.817. The molecule has 2 N–H and O–H groups in total. The van der Waals surface area contributed by atoms with Gasteiger partial charge in [-0.3, -0.25) is 4.79 Å². The van der Waals surface area contributed by atoms with Crippen LogP contribution in [0.1, 0.15) is 15.9 Å². The summed E-state index contributed by atoms with van der Waals surface area (Å²) in [6.45, 7) is 1.70. The van der Waals surface area contributed by atoms with Crippen molar-refractivity contribution < 1.29 is 18.7 Å². The highest BCUT2D eigenvalue weighted by Gasteiger charge is 2.13. The molecule has 5 heteroatoms. The van der Waals surface area contributed by atoms with Gasteiger partial charge in [0.15, 0.2) is 0 Å². The highest BCUT2D eigenvalue weighted by Crippen LogP contribution is 2.20. The molecule has 0 aliphatic heterocycles. The van der Waals surface area contributed by atoms with Crippen LogP contribution in [0.5, 0.6) is 5.75 Å². The summed E-state index contributed by atoms with van der Waals surface area (Å²) >= 11 is 0. The Morgan fingerprint density at radius 1 is 1.11 bits per heavy atom. The third-order valence-corrected chi connectivity index (χ3v) is 2.57. The lowest BCUT2D eigenvalue weighted by Gasteiger charge is -2.08. The lowest BCUT2D eigenvalue weighted by atomic mass is 10.1. The molecule has 0 bridgehead atoms. The first-order valence-corrected chi connectivity index (χ1v) is 5.53. The summed E-state index contributed by atoms with van der Waals surface area (Å²) in [6.07, 6.45) is 0. The topological polar surface area (TPSA) is 49.3 Å². The Labute approximate surface area is 108 Å². The van der Waals surface area contributed by atoms with Crippen LogP contribution in [0, 0.1) is 18.6 Å². The molecule has 0 heterocycles. The molecule has 3 nitrogen and oxygen atoms in total. The smallest absolute Gasteiger partial charge is 0.258 e. The SMILES string of the molecule is Cc1ccc(C(=O)Nc2ccc(O)cc2F)c(F)c1. The van der Waals surface area contributed by atoms with Crippen molar-refractivity contribution in [2.24, 2.45) is 0 Å². The predicted octanol–water partition coefficient (Wildman–Crippen LogP) is 3.23. The lowest BCUT2D eigenvalue weighted by molar-refractivity contribution is 0.102. The summed E-state index contributed by atoms with van der Waals surface area (Å²) in [5.41, 5.74) is 0.394. The number of carbonyl (C=O) groups excluding carboxylic acids is 1. The monoisotopic (exact) mass is 263 g/mol. The molecule has 0 radical (unpaired) electrons. The summed E-state index contributed by atoms with van der Waals surface area (Å²) in [7, 11) is 0. The molecular weight excluding hydrogens is 252 g/mol. The summed E-state index contributed by atoms with van der Waals surface area (Å²) in [6, 6.07) is 7.44. The van der Waals surface area contributed by atoms with Crippen LogP contribution in [0.4, 0.5) is 14.5 Å². The maximum absolute atomic E-state index is 13.6. The van der Waals surface area contributed by atoms with Crippen LogP contribution in [-0.2, 0) is 0 Å². The van der Waals surface area contributed by atoms with Gasteiger partial charge in [-0.2, -0.15) is 0 Å². The molecule has 19 heavy (non-hydrogen) atoms. The second-order valence-corrected chi connectivity index (χ2v) is 4.10. The van der Waals surface area contributed by atoms with Gasteiger partial charge in [0.25, 0.3) is 5.91 Å². The highest BCUT2D eigenvalue weighted by atomic mass is 19.1. The van der Waals surface area contributed by atoms with Gasteiger partial charge in [0.2, 0.25) is 0 Å². The number of rotatable bonds is 2. The van der Waals surface area contributed by atoms with Crippen molar-refractivity contribution in [1.29, 1.82) is 0 Å². The standard InChI is InChI=1S/C14H11F2NO2/c1-8-2-4-10(11(15)6-8)14(19)17-13-5-3-9(18)7-12(13)16/h2-7,18H,1H3,(H,17,19). The molecule has 0 fully saturated rings. The number of nitrogens with one attached hydrogen (secondary N) is 1. The number of halogens is 2. The van der Waals surface area contributed by atoms with Crippen molar-refractivity contribution in [2.45, 2.75) is 6.92 Å². The van der Waals surface area contributed by atoms with Crippen molar-refractivity contribution >= 4 is 11.6 Å². The first-order valence-electron chi connectivity index (χ1n) is 5.53. The van der Waals surface area contributed by atoms with E-state index in [1.807, 2.05) is 0 Å². The first-order chi connectivity index (χ1) is 8.97. The van der Waals surface area contributed by atoms with Crippen molar-refractivity contribution in [3.63, 3.8) is 0 Å². The molecule has 2 aromatic carbocycles. The zero-order chi connectivity index (χ0) is 14.0. The molecule has 0 aliphatic carbocycles. The van der Waals surface area contributed by atoms with E-state index in [2.05, 4.69) is 5.32 Å². The van der Waals surface area contributed by atoms with E-state index >= 15 is 0 Å². The summed E-state index contributed by atoms with van der Waals surface area (Å²) in [5.74, 6) is -2.46. The molecule has 0 aliphatic rings. The number of amides is 1. The van der Waals surface area contributed by atoms with Crippen molar-refractivity contribution in [2.75, 3.05) is 5.32 Å². The largest absolute Gasteiger partial charge is 0.508 e. The zero-order valence-corrected chi connectivity index (χ0v) is 10.1. The van der Waals surface area contributed by atoms with Gasteiger partial charge in [0.05, 0.1) is 11.3 Å². The minimum absolute atomic E-state index is 0.122. The van der Waals surface area contributed by atoms with E-state index in [0.29, 0.717) is 5.56 Å². The average molecular weight is 263 g/mol. The van der Waals surface area contributed by atoms with Crippen molar-refractivity contribution in [3.05, 3.63) is 59.2 Å². The van der Waals surface area contributed by atoms with E-state index in [1.165, 1.54) is 24.3 Å². The molecule has 2 aromatic rings. The normalized spacial score (nSPS) is 10.3. The minimum Gasteiger partial charge on any atom is -0.508 e. The molecule has 0 aromatic heterocycles. The molecule has 98 valence electrons. The van der Waals surface area contributed by atoms with Gasteiger partial charge in [-0.25, -0.2) is 8.78 Å². The molecule has 0 atom stereocenters. The third kappa shape index (κ3) is 2.88. The van der Waals surface area contributed by atoms with E-state index < -0.39 is 17.5 Å². The van der Waals surface area contributed by atoms with E-state index in [1.54, 1.807) is 13.0 Å². The van der Waals surface area contributed by atoms with Gasteiger partial charge in [-0.15, -0.1) is 0 Å². The van der Waals surface area contributed by atoms with E-state index in [0.717, 1.165) is 6.07 Å². The van der Waals surface area contributed by atoms with Gasteiger partial charge in [0, 0.05) is 6.07 Å². The highest BCUT2D eigenvalue weighted by molar-refractivity contribution is 6.04. The molecule has 0 unspecified atom stereocenters. The fourth-order valence-corrected chi connectivity index (χ4v) is 1.60. The number of aromatic hydroxyl groups is 1. The Kier molecular flexibility index (Phi) is 3.46. The Hall–Kier alpha value is -2.43. The van der Waals surface area contributed by atoms with Gasteiger partial charge >= 0.3 is 0 Å². The lowest BCUT2D eigenvalue weighted by Crippen LogP contribution is -2.14. The number of carbonyl (C=O) groups is 1. The number of hydrogen-bond acceptors (Lipinski definition) is 2. The number of hydrogen-bond donors (Lipinski definition) is 2. The maximum atomic E-state index is 13.6. The Bertz CT molecular complexity index is 641. The molecule has 1 amide bonds. The van der Waals surface area contributed by atoms with E-state index in [-0.39, 0.29) is 17.0 Å². The molecule has 2 rings (SSSR count). The Morgan fingerprint density at radius 3 is 2.47 bits per heavy atom. The number of benzene rings is 2. The Balaban J connectivity index is 2.25. The molecule has 0 saturated carbocycles. The average Bonchev–Trinajstić information content (AvgIpc) is 2.32. The minimum atomic E-state index is -0.791. The summed E-state index contributed by atoms with van der Waals surface area (Å²) in [5, 5.41) is 11.3. The molecule has 0 spiro atoms. The van der Waals surface area contributed by atoms with Crippen LogP contribution in [0.15, 0.2) is 36.4 Å². The second-order valence-electron chi connectivity index (χ2n) is 4.10. The number of phenols is 1. The fourth-order valence-electron chi connectivity index (χ4n) is 1.60. The van der Waals surface area contributed by atoms with Gasteiger partial charge in [-0.1, -0.05) is 6.07 Å². The van der Waals surface area contributed by atoms with Crippen LogP contribution < -0.4 is 5.32 Å². The van der Waals surface area contributed by atoms with Crippen LogP contribution >= 0.6 is 0 Å². The zero-order valence-electron chi connectivity index (χ0n) is 10.1. The van der Waals surface area contributed by atoms with E-state index in [4.69, 9.17) is 5.11 Å². The van der Waals surface area contributed by atoms with Gasteiger partial charge in [-0.05, 0) is 36.8 Å². The summed E-state index contributed by atoms with van der Waals surface area (Å²) < 4.78 is 27.0. The van der Waals surface area contributed by atoms with Crippen LogP contribution in [0.3, 0.4) is 0 Å². The number of aryl methyl sites for hydroxylation is 1. The summed E-state index contributed by atoms with van der Waals surface area (Å²) in [4.78, 5) is 11.8. The first kappa shape index (κ1) is 13.0. The van der Waals surface area contributed by atoms with Crippen molar-refractivity contribution in [3.8, 4) is 5.75 Å².